The third kappa shape index (κ3) is 4.28. The van der Waals surface area contributed by atoms with E-state index >= 15 is 0 Å². The van der Waals surface area contributed by atoms with Crippen molar-refractivity contribution in [3.05, 3.63) is 50.4 Å². The molecule has 110 valence electrons. The Kier molecular flexibility index (Phi) is 5.41. The molecule has 0 amide bonds. The quantitative estimate of drug-likeness (QED) is 0.453. The number of aromatic hydroxyl groups is 1. The predicted octanol–water partition coefficient (Wildman–Crippen LogP) is 5.81. The summed E-state index contributed by atoms with van der Waals surface area (Å²) in [6, 6.07) is 7.99. The van der Waals surface area contributed by atoms with E-state index in [-0.39, 0.29) is 20.9 Å². The highest BCUT2D eigenvalue weighted by atomic mass is 35.5. The Morgan fingerprint density at radius 2 is 1.52 bits per heavy atom. The number of nitrogens with one attached hydrogen (secondary N) is 2. The van der Waals surface area contributed by atoms with Crippen LogP contribution >= 0.6 is 58.6 Å². The number of anilines is 2. The van der Waals surface area contributed by atoms with Gasteiger partial charge in [0, 0.05) is 10.7 Å². The van der Waals surface area contributed by atoms with Gasteiger partial charge in [-0.15, -0.1) is 0 Å². The summed E-state index contributed by atoms with van der Waals surface area (Å²) in [7, 11) is 0. The molecule has 0 saturated heterocycles. The van der Waals surface area contributed by atoms with Gasteiger partial charge in [-0.25, -0.2) is 0 Å². The van der Waals surface area contributed by atoms with Crippen molar-refractivity contribution in [3.8, 4) is 5.75 Å². The van der Waals surface area contributed by atoms with Gasteiger partial charge in [-0.1, -0.05) is 46.4 Å². The first-order valence-corrected chi connectivity index (χ1v) is 7.50. The summed E-state index contributed by atoms with van der Waals surface area (Å²) < 4.78 is 0. The Hall–Kier alpha value is -0.910. The first-order valence-electron chi connectivity index (χ1n) is 5.58. The van der Waals surface area contributed by atoms with Gasteiger partial charge >= 0.3 is 0 Å². The fourth-order valence-corrected chi connectivity index (χ4v) is 2.68. The number of rotatable bonds is 2. The van der Waals surface area contributed by atoms with E-state index in [9.17, 15) is 5.11 Å². The molecule has 0 saturated carbocycles. The van der Waals surface area contributed by atoms with Crippen LogP contribution in [0.4, 0.5) is 11.4 Å². The third-order valence-corrected chi connectivity index (χ3v) is 3.78. The zero-order valence-electron chi connectivity index (χ0n) is 10.3. The fraction of sp³-hybridized carbons (Fsp3) is 0. The molecule has 0 bridgehead atoms. The lowest BCUT2D eigenvalue weighted by Crippen LogP contribution is -2.19. The number of hydrogen-bond acceptors (Lipinski definition) is 2. The van der Waals surface area contributed by atoms with Crippen LogP contribution in [0.15, 0.2) is 30.3 Å². The molecule has 0 heterocycles. The Labute approximate surface area is 146 Å². The highest BCUT2D eigenvalue weighted by molar-refractivity contribution is 7.80. The van der Waals surface area contributed by atoms with Crippen molar-refractivity contribution in [2.24, 2.45) is 0 Å². The van der Waals surface area contributed by atoms with Crippen LogP contribution in [0.25, 0.3) is 0 Å². The number of thiocarbonyl (C=S) groups is 1. The van der Waals surface area contributed by atoms with Crippen LogP contribution in [0.5, 0.6) is 5.75 Å². The molecule has 0 spiro atoms. The smallest absolute Gasteiger partial charge is 0.175 e. The minimum absolute atomic E-state index is 0.123. The molecule has 3 N–H and O–H groups in total. The van der Waals surface area contributed by atoms with E-state index in [1.165, 1.54) is 12.1 Å². The summed E-state index contributed by atoms with van der Waals surface area (Å²) >= 11 is 28.7. The summed E-state index contributed by atoms with van der Waals surface area (Å²) in [5.41, 5.74) is 1.14. The number of phenolic OH excluding ortho intramolecular Hbond substituents is 1. The Balaban J connectivity index is 2.12. The van der Waals surface area contributed by atoms with Gasteiger partial charge in [0.2, 0.25) is 0 Å². The standard InChI is InChI=1S/C13H8Cl4N2OS/c14-6-1-2-11(8(15)3-6)19-13(21)18-7-4-9(16)12(20)10(17)5-7/h1-5,20H,(H2,18,19,21). The van der Waals surface area contributed by atoms with Crippen molar-refractivity contribution in [2.45, 2.75) is 0 Å². The molecule has 2 rings (SSSR count). The molecule has 0 radical (unpaired) electrons. The van der Waals surface area contributed by atoms with Gasteiger partial charge in [0.15, 0.2) is 10.9 Å². The van der Waals surface area contributed by atoms with Gasteiger partial charge in [0.1, 0.15) is 0 Å². The average Bonchev–Trinajstić information content (AvgIpc) is 2.39. The molecule has 0 fully saturated rings. The van der Waals surface area contributed by atoms with Gasteiger partial charge in [-0.3, -0.25) is 0 Å². The maximum Gasteiger partial charge on any atom is 0.175 e. The lowest BCUT2D eigenvalue weighted by atomic mass is 10.3. The number of hydrogen-bond donors (Lipinski definition) is 3. The highest BCUT2D eigenvalue weighted by Crippen LogP contribution is 2.34. The van der Waals surface area contributed by atoms with Crippen LogP contribution in [0.3, 0.4) is 0 Å². The van der Waals surface area contributed by atoms with E-state index in [2.05, 4.69) is 10.6 Å². The van der Waals surface area contributed by atoms with Crippen LogP contribution in [0.2, 0.25) is 20.1 Å². The molecule has 2 aromatic rings. The average molecular weight is 382 g/mol. The summed E-state index contributed by atoms with van der Waals surface area (Å²) in [6.45, 7) is 0. The SMILES string of the molecule is Oc1c(Cl)cc(NC(=S)Nc2ccc(Cl)cc2Cl)cc1Cl. The molecule has 0 aromatic heterocycles. The molecule has 0 atom stereocenters. The van der Waals surface area contributed by atoms with Crippen LogP contribution in [-0.4, -0.2) is 10.2 Å². The van der Waals surface area contributed by atoms with E-state index < -0.39 is 0 Å². The molecular weight excluding hydrogens is 374 g/mol. The molecule has 0 aliphatic carbocycles. The van der Waals surface area contributed by atoms with Crippen molar-refractivity contribution in [1.82, 2.24) is 0 Å². The van der Waals surface area contributed by atoms with Gasteiger partial charge in [-0.05, 0) is 42.5 Å². The van der Waals surface area contributed by atoms with Gasteiger partial charge in [0.05, 0.1) is 20.8 Å². The second kappa shape index (κ2) is 6.90. The second-order valence-electron chi connectivity index (χ2n) is 3.99. The molecule has 3 nitrogen and oxygen atoms in total. The van der Waals surface area contributed by atoms with Gasteiger partial charge in [-0.2, -0.15) is 0 Å². The zero-order chi connectivity index (χ0) is 15.6. The molecule has 0 unspecified atom stereocenters. The van der Waals surface area contributed by atoms with Crippen LogP contribution < -0.4 is 10.6 Å². The van der Waals surface area contributed by atoms with E-state index in [1.54, 1.807) is 18.2 Å². The van der Waals surface area contributed by atoms with E-state index in [0.717, 1.165) is 0 Å². The number of phenols is 1. The highest BCUT2D eigenvalue weighted by Gasteiger charge is 2.08. The molecule has 0 aliphatic rings. The molecule has 2 aromatic carbocycles. The Morgan fingerprint density at radius 3 is 2.10 bits per heavy atom. The number of halogens is 4. The zero-order valence-corrected chi connectivity index (χ0v) is 14.1. The monoisotopic (exact) mass is 380 g/mol. The van der Waals surface area contributed by atoms with Crippen molar-refractivity contribution >= 4 is 75.1 Å². The molecule has 8 heteroatoms. The third-order valence-electron chi connectivity index (χ3n) is 2.45. The minimum Gasteiger partial charge on any atom is -0.505 e. The van der Waals surface area contributed by atoms with Crippen molar-refractivity contribution in [1.29, 1.82) is 0 Å². The first-order chi connectivity index (χ1) is 9.86. The summed E-state index contributed by atoms with van der Waals surface area (Å²) in [6.07, 6.45) is 0. The summed E-state index contributed by atoms with van der Waals surface area (Å²) in [5.74, 6) is -0.177. The Morgan fingerprint density at radius 1 is 0.905 bits per heavy atom. The molecule has 21 heavy (non-hydrogen) atoms. The lowest BCUT2D eigenvalue weighted by Gasteiger charge is -2.13. The topological polar surface area (TPSA) is 44.3 Å². The van der Waals surface area contributed by atoms with Crippen molar-refractivity contribution in [2.75, 3.05) is 10.6 Å². The molecular formula is C13H8Cl4N2OS. The first kappa shape index (κ1) is 16.5. The number of benzene rings is 2. The van der Waals surface area contributed by atoms with Crippen LogP contribution in [0.1, 0.15) is 0 Å². The van der Waals surface area contributed by atoms with E-state index in [1.807, 2.05) is 0 Å². The maximum absolute atomic E-state index is 9.49. The fourth-order valence-electron chi connectivity index (χ4n) is 1.51. The van der Waals surface area contributed by atoms with E-state index in [0.29, 0.717) is 21.4 Å². The van der Waals surface area contributed by atoms with Crippen LogP contribution in [-0.2, 0) is 0 Å². The maximum atomic E-state index is 9.49. The normalized spacial score (nSPS) is 10.3. The Bertz CT molecular complexity index is 686. The summed E-state index contributed by atoms with van der Waals surface area (Å²) in [5, 5.41) is 16.8. The molecule has 0 aliphatic heterocycles. The predicted molar refractivity (Wildman–Crippen MR) is 94.4 cm³/mol. The van der Waals surface area contributed by atoms with E-state index in [4.69, 9.17) is 58.6 Å². The minimum atomic E-state index is -0.177. The van der Waals surface area contributed by atoms with Gasteiger partial charge < -0.3 is 15.7 Å². The summed E-state index contributed by atoms with van der Waals surface area (Å²) in [4.78, 5) is 0. The largest absolute Gasteiger partial charge is 0.505 e. The van der Waals surface area contributed by atoms with Gasteiger partial charge in [0.25, 0.3) is 0 Å². The van der Waals surface area contributed by atoms with Crippen molar-refractivity contribution in [3.63, 3.8) is 0 Å². The van der Waals surface area contributed by atoms with Crippen LogP contribution in [0, 0.1) is 0 Å². The lowest BCUT2D eigenvalue weighted by molar-refractivity contribution is 0.476. The second-order valence-corrected chi connectivity index (χ2v) is 6.06. The van der Waals surface area contributed by atoms with Crippen molar-refractivity contribution < 1.29 is 5.11 Å².